The SMILES string of the molecule is COc1cc(OC)c(Cl)c(-c2cc3cnc(SC)nc3n(CCc3cccc(NC(=O)OC(C)(C)C)c3)c2=O)c1. The van der Waals surface area contributed by atoms with Gasteiger partial charge in [-0.1, -0.05) is 35.5 Å². The maximum atomic E-state index is 14.0. The van der Waals surface area contributed by atoms with Crippen LogP contribution in [0.5, 0.6) is 11.5 Å². The Labute approximate surface area is 241 Å². The quantitative estimate of drug-likeness (QED) is 0.187. The van der Waals surface area contributed by atoms with Gasteiger partial charge in [0.25, 0.3) is 5.56 Å². The Morgan fingerprint density at radius 1 is 1.10 bits per heavy atom. The van der Waals surface area contributed by atoms with Crippen LogP contribution in [-0.2, 0) is 17.7 Å². The van der Waals surface area contributed by atoms with Crippen molar-refractivity contribution in [3.8, 4) is 22.6 Å². The minimum Gasteiger partial charge on any atom is -0.497 e. The lowest BCUT2D eigenvalue weighted by atomic mass is 10.0. The Bertz CT molecular complexity index is 1620. The van der Waals surface area contributed by atoms with Gasteiger partial charge in [-0.3, -0.25) is 14.7 Å². The molecule has 40 heavy (non-hydrogen) atoms. The lowest BCUT2D eigenvalue weighted by molar-refractivity contribution is 0.0636. The number of carbonyl (C=O) groups excluding carboxylic acids is 1. The van der Waals surface area contributed by atoms with E-state index in [1.807, 2.05) is 24.5 Å². The summed E-state index contributed by atoms with van der Waals surface area (Å²) in [5.74, 6) is 0.899. The molecule has 4 rings (SSSR count). The van der Waals surface area contributed by atoms with Crippen LogP contribution in [0, 0.1) is 0 Å². The first kappa shape index (κ1) is 29.2. The largest absolute Gasteiger partial charge is 0.497 e. The van der Waals surface area contributed by atoms with Crippen molar-refractivity contribution in [1.82, 2.24) is 14.5 Å². The number of methoxy groups -OCH3 is 2. The first-order valence-corrected chi connectivity index (χ1v) is 14.1. The lowest BCUT2D eigenvalue weighted by Gasteiger charge is -2.19. The zero-order valence-electron chi connectivity index (χ0n) is 23.2. The molecule has 2 aromatic heterocycles. The summed E-state index contributed by atoms with van der Waals surface area (Å²) < 4.78 is 17.8. The Balaban J connectivity index is 1.75. The maximum Gasteiger partial charge on any atom is 0.412 e. The van der Waals surface area contributed by atoms with E-state index < -0.39 is 11.7 Å². The second kappa shape index (κ2) is 12.2. The summed E-state index contributed by atoms with van der Waals surface area (Å²) in [4.78, 5) is 35.3. The highest BCUT2D eigenvalue weighted by atomic mass is 35.5. The van der Waals surface area contributed by atoms with Crippen LogP contribution in [-0.4, -0.2) is 46.7 Å². The van der Waals surface area contributed by atoms with Crippen LogP contribution in [0.15, 0.2) is 58.6 Å². The second-order valence-electron chi connectivity index (χ2n) is 9.92. The number of pyridine rings is 1. The summed E-state index contributed by atoms with van der Waals surface area (Å²) in [6.07, 6.45) is 3.54. The highest BCUT2D eigenvalue weighted by Gasteiger charge is 2.20. The number of halogens is 1. The molecule has 0 aliphatic carbocycles. The first-order valence-electron chi connectivity index (χ1n) is 12.5. The van der Waals surface area contributed by atoms with Crippen molar-refractivity contribution in [2.75, 3.05) is 25.8 Å². The van der Waals surface area contributed by atoms with E-state index in [9.17, 15) is 9.59 Å². The molecule has 0 atom stereocenters. The number of hydrogen-bond donors (Lipinski definition) is 1. The molecule has 0 saturated heterocycles. The third-order valence-corrected chi connectivity index (χ3v) is 6.89. The van der Waals surface area contributed by atoms with E-state index in [0.29, 0.717) is 62.5 Å². The molecule has 0 saturated carbocycles. The molecule has 210 valence electrons. The lowest BCUT2D eigenvalue weighted by Crippen LogP contribution is -2.27. The van der Waals surface area contributed by atoms with E-state index in [-0.39, 0.29) is 5.56 Å². The molecule has 0 bridgehead atoms. The number of anilines is 1. The number of hydrogen-bond acceptors (Lipinski definition) is 8. The minimum absolute atomic E-state index is 0.265. The van der Waals surface area contributed by atoms with Crippen molar-refractivity contribution >= 4 is 46.2 Å². The van der Waals surface area contributed by atoms with Crippen molar-refractivity contribution in [2.45, 2.75) is 44.5 Å². The van der Waals surface area contributed by atoms with E-state index >= 15 is 0 Å². The van der Waals surface area contributed by atoms with Crippen LogP contribution in [0.25, 0.3) is 22.2 Å². The average molecular weight is 583 g/mol. The van der Waals surface area contributed by atoms with Gasteiger partial charge in [0.1, 0.15) is 22.7 Å². The minimum atomic E-state index is -0.609. The number of nitrogens with one attached hydrogen (secondary N) is 1. The summed E-state index contributed by atoms with van der Waals surface area (Å²) in [7, 11) is 3.04. The number of aromatic nitrogens is 3. The highest BCUT2D eigenvalue weighted by Crippen LogP contribution is 2.38. The van der Waals surface area contributed by atoms with Gasteiger partial charge in [0.15, 0.2) is 5.16 Å². The molecule has 11 heteroatoms. The van der Waals surface area contributed by atoms with E-state index in [4.69, 9.17) is 25.8 Å². The van der Waals surface area contributed by atoms with Crippen molar-refractivity contribution < 1.29 is 19.0 Å². The zero-order chi connectivity index (χ0) is 29.0. The number of benzene rings is 2. The molecular weight excluding hydrogens is 552 g/mol. The fourth-order valence-corrected chi connectivity index (χ4v) is 4.77. The fraction of sp³-hybridized carbons (Fsp3) is 0.310. The van der Waals surface area contributed by atoms with Crippen LogP contribution in [0.4, 0.5) is 10.5 Å². The van der Waals surface area contributed by atoms with Crippen molar-refractivity contribution in [2.24, 2.45) is 0 Å². The summed E-state index contributed by atoms with van der Waals surface area (Å²) in [6, 6.07) is 12.5. The van der Waals surface area contributed by atoms with Gasteiger partial charge in [0, 0.05) is 41.0 Å². The van der Waals surface area contributed by atoms with Gasteiger partial charge < -0.3 is 14.2 Å². The maximum absolute atomic E-state index is 14.0. The van der Waals surface area contributed by atoms with Crippen LogP contribution in [0.1, 0.15) is 26.3 Å². The molecule has 0 aliphatic heterocycles. The van der Waals surface area contributed by atoms with E-state index in [1.54, 1.807) is 55.8 Å². The van der Waals surface area contributed by atoms with Gasteiger partial charge >= 0.3 is 6.09 Å². The Hall–Kier alpha value is -3.76. The summed E-state index contributed by atoms with van der Waals surface area (Å²) in [6.45, 7) is 5.74. The standard InChI is InChI=1S/C29H31ClN4O5S/c1-29(2,3)39-28(36)32-19-9-7-8-17(12-19)10-11-34-25-18(16-31-27(33-25)40-6)13-22(26(34)35)21-14-20(37-4)15-23(38-5)24(21)30/h7-9,12-16H,10-11H2,1-6H3,(H,32,36). The molecular formula is C29H31ClN4O5S. The number of ether oxygens (including phenoxy) is 3. The summed E-state index contributed by atoms with van der Waals surface area (Å²) >= 11 is 8.05. The summed E-state index contributed by atoms with van der Waals surface area (Å²) in [5, 5.41) is 4.30. The molecule has 9 nitrogen and oxygen atoms in total. The molecule has 2 heterocycles. The molecule has 4 aromatic rings. The average Bonchev–Trinajstić information content (AvgIpc) is 2.91. The highest BCUT2D eigenvalue weighted by molar-refractivity contribution is 7.98. The molecule has 0 aliphatic rings. The number of nitrogens with zero attached hydrogens (tertiary/aromatic N) is 3. The Morgan fingerprint density at radius 2 is 1.88 bits per heavy atom. The van der Waals surface area contributed by atoms with Gasteiger partial charge in [-0.15, -0.1) is 0 Å². The van der Waals surface area contributed by atoms with E-state index in [0.717, 1.165) is 5.56 Å². The van der Waals surface area contributed by atoms with Crippen LogP contribution >= 0.6 is 23.4 Å². The van der Waals surface area contributed by atoms with Crippen molar-refractivity contribution in [3.63, 3.8) is 0 Å². The van der Waals surface area contributed by atoms with Gasteiger partial charge in [0.05, 0.1) is 19.2 Å². The van der Waals surface area contributed by atoms with Gasteiger partial charge in [-0.2, -0.15) is 0 Å². The predicted molar refractivity (Wildman–Crippen MR) is 159 cm³/mol. The Morgan fingerprint density at radius 3 is 2.55 bits per heavy atom. The third-order valence-electron chi connectivity index (χ3n) is 5.94. The number of rotatable bonds is 8. The van der Waals surface area contributed by atoms with Crippen molar-refractivity contribution in [1.29, 1.82) is 0 Å². The normalized spacial score (nSPS) is 11.4. The molecule has 0 fully saturated rings. The van der Waals surface area contributed by atoms with Crippen molar-refractivity contribution in [3.05, 3.63) is 69.6 Å². The first-order chi connectivity index (χ1) is 19.0. The molecule has 0 spiro atoms. The monoisotopic (exact) mass is 582 g/mol. The molecule has 1 N–H and O–H groups in total. The molecule has 1 amide bonds. The molecule has 0 radical (unpaired) electrons. The van der Waals surface area contributed by atoms with Gasteiger partial charge in [-0.05, 0) is 63.3 Å². The van der Waals surface area contributed by atoms with Gasteiger partial charge in [0.2, 0.25) is 0 Å². The molecule has 0 unspecified atom stereocenters. The topological polar surface area (TPSA) is 105 Å². The number of amides is 1. The van der Waals surface area contributed by atoms with Crippen LogP contribution in [0.3, 0.4) is 0 Å². The van der Waals surface area contributed by atoms with Gasteiger partial charge in [-0.25, -0.2) is 14.8 Å². The number of carbonyl (C=O) groups is 1. The zero-order valence-corrected chi connectivity index (χ0v) is 24.8. The number of thioether (sulfide) groups is 1. The summed E-state index contributed by atoms with van der Waals surface area (Å²) in [5.41, 5.74) is 2.01. The number of aryl methyl sites for hydroxylation is 2. The predicted octanol–water partition coefficient (Wildman–Crippen LogP) is 6.44. The molecule has 2 aromatic carbocycles. The second-order valence-corrected chi connectivity index (χ2v) is 11.1. The fourth-order valence-electron chi connectivity index (χ4n) is 4.14. The van der Waals surface area contributed by atoms with Crippen LogP contribution < -0.4 is 20.3 Å². The Kier molecular flexibility index (Phi) is 8.90. The third kappa shape index (κ3) is 6.68. The van der Waals surface area contributed by atoms with E-state index in [1.165, 1.54) is 26.0 Å². The van der Waals surface area contributed by atoms with Crippen LogP contribution in [0.2, 0.25) is 5.02 Å². The number of fused-ring (bicyclic) bond motifs is 1. The smallest absolute Gasteiger partial charge is 0.412 e. The van der Waals surface area contributed by atoms with E-state index in [2.05, 4.69) is 15.3 Å².